The molecule has 0 amide bonds. The molecule has 60 heavy (non-hydrogen) atoms. The molecule has 3 atom stereocenters. The highest BCUT2D eigenvalue weighted by atomic mass is 16.5. The molecule has 3 aliphatic rings. The Morgan fingerprint density at radius 1 is 0.850 bits per heavy atom. The number of ether oxygens (including phenoxy) is 3. The molecule has 1 saturated heterocycles. The molecule has 0 spiro atoms. The Hall–Kier alpha value is -5.10. The summed E-state index contributed by atoms with van der Waals surface area (Å²) in [5.74, 6) is 1.43. The first-order valence-electron chi connectivity index (χ1n) is 21.7. The molecule has 0 saturated carbocycles. The fourth-order valence-electron chi connectivity index (χ4n) is 9.27. The van der Waals surface area contributed by atoms with Crippen LogP contribution in [0.15, 0.2) is 109 Å². The molecule has 0 radical (unpaired) electrons. The standard InChI is InChI=1S/C50H59N3O7/c51-48-19-15-36-32-59-44(11-7-2-1-4-8-34-12-16-42(55)17-13-34)28-43(56)18-14-35-27-47(46(57)26-38(35)31-54)60-33-39-25-41(24-37-29-53(30-45(37)39)49(36)52-48)50(20-22-58-23-21-50)40-9-5-3-6-10-40/h3,5-6,9-10,12-13,15-17,19,24-27,29-30,43-44,48,52,54-57H,1-2,4,7-8,11,14,18,20-23,28,31-33,51H2. The topological polar surface area (TPSA) is 152 Å². The maximum Gasteiger partial charge on any atom is 0.161 e. The van der Waals surface area contributed by atoms with Gasteiger partial charge in [0, 0.05) is 47.4 Å². The van der Waals surface area contributed by atoms with E-state index in [0.717, 1.165) is 84.7 Å². The smallest absolute Gasteiger partial charge is 0.161 e. The lowest BCUT2D eigenvalue weighted by molar-refractivity contribution is 0.0171. The molecule has 4 aromatic carbocycles. The Morgan fingerprint density at radius 3 is 2.45 bits per heavy atom. The molecule has 1 aromatic heterocycles. The van der Waals surface area contributed by atoms with Crippen molar-refractivity contribution in [3.05, 3.63) is 142 Å². The molecular weight excluding hydrogens is 755 g/mol. The van der Waals surface area contributed by atoms with Crippen LogP contribution >= 0.6 is 0 Å². The zero-order chi connectivity index (χ0) is 41.5. The first kappa shape index (κ1) is 41.6. The third-order valence-electron chi connectivity index (χ3n) is 12.7. The number of unbranched alkanes of at least 4 members (excludes halogenated alkanes) is 3. The fraction of sp³-hybridized carbons (Fsp3) is 0.400. The Labute approximate surface area is 352 Å². The number of hydrogen-bond donors (Lipinski definition) is 6. The van der Waals surface area contributed by atoms with Gasteiger partial charge < -0.3 is 50.3 Å². The zero-order valence-corrected chi connectivity index (χ0v) is 34.4. The van der Waals surface area contributed by atoms with Crippen LogP contribution in [0.25, 0.3) is 16.6 Å². The van der Waals surface area contributed by atoms with Gasteiger partial charge in [0.25, 0.3) is 0 Å². The molecule has 1 fully saturated rings. The van der Waals surface area contributed by atoms with Crippen molar-refractivity contribution in [2.45, 2.75) is 108 Å². The molecule has 0 aliphatic carbocycles. The van der Waals surface area contributed by atoms with Crippen LogP contribution in [0, 0.1) is 0 Å². The summed E-state index contributed by atoms with van der Waals surface area (Å²) in [6, 6.07) is 26.1. The highest BCUT2D eigenvalue weighted by molar-refractivity contribution is 5.88. The van der Waals surface area contributed by atoms with Crippen molar-refractivity contribution < 1.29 is 34.6 Å². The van der Waals surface area contributed by atoms with Gasteiger partial charge in [0.05, 0.1) is 31.6 Å². The van der Waals surface area contributed by atoms with E-state index in [1.165, 1.54) is 16.7 Å². The van der Waals surface area contributed by atoms with E-state index in [2.05, 4.69) is 64.7 Å². The van der Waals surface area contributed by atoms with E-state index in [1.54, 1.807) is 18.2 Å². The number of aliphatic hydroxyl groups excluding tert-OH is 2. The van der Waals surface area contributed by atoms with Crippen LogP contribution in [0.5, 0.6) is 17.2 Å². The number of phenols is 2. The molecule has 4 heterocycles. The van der Waals surface area contributed by atoms with Gasteiger partial charge in [-0.25, -0.2) is 0 Å². The number of aromatic hydroxyl groups is 2. The Bertz CT molecular complexity index is 2280. The Balaban J connectivity index is 1.13. The van der Waals surface area contributed by atoms with Gasteiger partial charge >= 0.3 is 0 Å². The number of nitrogens with zero attached hydrogens (tertiary/aromatic N) is 1. The van der Waals surface area contributed by atoms with Crippen molar-refractivity contribution >= 4 is 16.6 Å². The van der Waals surface area contributed by atoms with E-state index in [0.29, 0.717) is 50.4 Å². The zero-order valence-electron chi connectivity index (χ0n) is 34.4. The number of hydrogen-bond acceptors (Lipinski definition) is 9. The van der Waals surface area contributed by atoms with Crippen molar-refractivity contribution in [1.29, 1.82) is 0 Å². The second kappa shape index (κ2) is 19.1. The number of dihydropyridines is 1. The minimum absolute atomic E-state index is 0.0357. The third kappa shape index (κ3) is 9.59. The lowest BCUT2D eigenvalue weighted by atomic mass is 9.68. The third-order valence-corrected chi connectivity index (χ3v) is 12.7. The number of nitrogens with two attached hydrogens (primary N) is 1. The van der Waals surface area contributed by atoms with Crippen molar-refractivity contribution in [1.82, 2.24) is 9.88 Å². The van der Waals surface area contributed by atoms with Gasteiger partial charge in [-0.05, 0) is 121 Å². The number of rotatable bonds is 10. The summed E-state index contributed by atoms with van der Waals surface area (Å²) in [5, 5.41) is 48.1. The number of aliphatic hydroxyl groups is 2. The molecular formula is C50H59N3O7. The average molecular weight is 814 g/mol. The van der Waals surface area contributed by atoms with Gasteiger partial charge in [0.15, 0.2) is 11.5 Å². The van der Waals surface area contributed by atoms with Crippen LogP contribution < -0.4 is 15.8 Å². The number of fused-ring (bicyclic) bond motifs is 4. The number of nitrogens with one attached hydrogen (secondary N) is 1. The minimum Gasteiger partial charge on any atom is -0.508 e. The summed E-state index contributed by atoms with van der Waals surface area (Å²) < 4.78 is 21.3. The van der Waals surface area contributed by atoms with Crippen molar-refractivity contribution in [2.24, 2.45) is 5.73 Å². The molecule has 10 heteroatoms. The molecule has 4 bridgehead atoms. The number of benzene rings is 4. The van der Waals surface area contributed by atoms with Gasteiger partial charge in [0.2, 0.25) is 0 Å². The van der Waals surface area contributed by atoms with Gasteiger partial charge in [0.1, 0.15) is 18.2 Å². The largest absolute Gasteiger partial charge is 0.508 e. The fourth-order valence-corrected chi connectivity index (χ4v) is 9.27. The van der Waals surface area contributed by atoms with Crippen LogP contribution in [0.3, 0.4) is 0 Å². The van der Waals surface area contributed by atoms with Gasteiger partial charge in [-0.15, -0.1) is 0 Å². The van der Waals surface area contributed by atoms with Gasteiger partial charge in [-0.3, -0.25) is 0 Å². The molecule has 7 N–H and O–H groups in total. The van der Waals surface area contributed by atoms with E-state index in [9.17, 15) is 20.4 Å². The monoisotopic (exact) mass is 813 g/mol. The summed E-state index contributed by atoms with van der Waals surface area (Å²) in [6.45, 7) is 1.63. The Kier molecular flexibility index (Phi) is 13.2. The summed E-state index contributed by atoms with van der Waals surface area (Å²) in [6.07, 6.45) is 16.1. The lowest BCUT2D eigenvalue weighted by Crippen LogP contribution is -2.38. The highest BCUT2D eigenvalue weighted by Gasteiger charge is 2.37. The average Bonchev–Trinajstić information content (AvgIpc) is 3.71. The van der Waals surface area contributed by atoms with Crippen molar-refractivity contribution in [2.75, 3.05) is 19.8 Å². The van der Waals surface area contributed by atoms with Crippen LogP contribution in [0.4, 0.5) is 0 Å². The molecule has 8 rings (SSSR count). The number of phenolic OH excluding ortho intramolecular Hbond substituents is 2. The SMILES string of the molecule is NC1C=CC2=C(N1)n1cc3cc(C4(c5ccccc5)CCOCC4)cc(c3c1)COc1cc(c(CO)cc1O)CCC(O)CC(CCCCCCc1ccc(O)cc1)OC2. The van der Waals surface area contributed by atoms with E-state index in [1.807, 2.05) is 30.4 Å². The van der Waals surface area contributed by atoms with E-state index in [-0.39, 0.29) is 42.4 Å². The van der Waals surface area contributed by atoms with E-state index in [4.69, 9.17) is 19.9 Å². The van der Waals surface area contributed by atoms with E-state index < -0.39 is 6.10 Å². The van der Waals surface area contributed by atoms with Gasteiger partial charge in [-0.1, -0.05) is 73.9 Å². The first-order chi connectivity index (χ1) is 29.3. The number of aryl methyl sites for hydroxylation is 2. The normalized spacial score (nSPS) is 20.9. The summed E-state index contributed by atoms with van der Waals surface area (Å²) >= 11 is 0. The first-order valence-corrected chi connectivity index (χ1v) is 21.7. The summed E-state index contributed by atoms with van der Waals surface area (Å²) in [5.41, 5.74) is 13.3. The summed E-state index contributed by atoms with van der Waals surface area (Å²) in [4.78, 5) is 0. The van der Waals surface area contributed by atoms with Crippen LogP contribution in [0.2, 0.25) is 0 Å². The lowest BCUT2D eigenvalue weighted by Gasteiger charge is -2.39. The molecule has 3 aliphatic heterocycles. The van der Waals surface area contributed by atoms with E-state index >= 15 is 0 Å². The summed E-state index contributed by atoms with van der Waals surface area (Å²) in [7, 11) is 0. The maximum absolute atomic E-state index is 11.5. The quantitative estimate of drug-likeness (QED) is 0.0769. The predicted molar refractivity (Wildman–Crippen MR) is 235 cm³/mol. The van der Waals surface area contributed by atoms with Crippen LogP contribution in [-0.4, -0.2) is 63.2 Å². The van der Waals surface area contributed by atoms with Crippen molar-refractivity contribution in [3.8, 4) is 17.2 Å². The molecule has 10 nitrogen and oxygen atoms in total. The predicted octanol–water partition coefficient (Wildman–Crippen LogP) is 8.11. The minimum atomic E-state index is -0.639. The number of aromatic nitrogens is 1. The van der Waals surface area contributed by atoms with Gasteiger partial charge in [-0.2, -0.15) is 0 Å². The molecule has 5 aromatic rings. The van der Waals surface area contributed by atoms with Crippen LogP contribution in [-0.2, 0) is 40.9 Å². The Morgan fingerprint density at radius 2 is 1.65 bits per heavy atom. The molecule has 316 valence electrons. The second-order valence-electron chi connectivity index (χ2n) is 16.8. The second-order valence-corrected chi connectivity index (χ2v) is 16.8. The van der Waals surface area contributed by atoms with Crippen LogP contribution in [0.1, 0.15) is 91.2 Å². The van der Waals surface area contributed by atoms with Crippen molar-refractivity contribution in [3.63, 3.8) is 0 Å². The highest BCUT2D eigenvalue weighted by Crippen LogP contribution is 2.44. The maximum atomic E-state index is 11.5. The molecule has 3 unspecified atom stereocenters.